The van der Waals surface area contributed by atoms with Gasteiger partial charge < -0.3 is 5.73 Å². The maximum absolute atomic E-state index is 5.75. The summed E-state index contributed by atoms with van der Waals surface area (Å²) in [5, 5.41) is 0. The molecule has 0 spiro atoms. The Morgan fingerprint density at radius 3 is 2.40 bits per heavy atom. The number of benzene rings is 1. The van der Waals surface area contributed by atoms with Crippen molar-refractivity contribution in [2.75, 3.05) is 19.3 Å². The van der Waals surface area contributed by atoms with Crippen LogP contribution in [0.1, 0.15) is 25.1 Å². The van der Waals surface area contributed by atoms with Crippen molar-refractivity contribution >= 4 is 5.69 Å². The average Bonchev–Trinajstić information content (AvgIpc) is 2.39. The third kappa shape index (κ3) is 3.81. The maximum atomic E-state index is 5.75. The Morgan fingerprint density at radius 1 is 1.10 bits per heavy atom. The Morgan fingerprint density at radius 2 is 1.80 bits per heavy atom. The fourth-order valence-corrected chi connectivity index (χ4v) is 2.52. The van der Waals surface area contributed by atoms with Gasteiger partial charge in [0.15, 0.2) is 0 Å². The molecule has 0 aliphatic rings. The van der Waals surface area contributed by atoms with Crippen molar-refractivity contribution in [2.24, 2.45) is 0 Å². The minimum atomic E-state index is 0.0806. The van der Waals surface area contributed by atoms with Crippen LogP contribution in [0.4, 0.5) is 5.69 Å². The molecule has 3 heteroatoms. The van der Waals surface area contributed by atoms with E-state index in [1.165, 1.54) is 5.56 Å². The van der Waals surface area contributed by atoms with E-state index in [4.69, 9.17) is 5.73 Å². The van der Waals surface area contributed by atoms with Gasteiger partial charge in [-0.2, -0.15) is 0 Å². The largest absolute Gasteiger partial charge is 0.399 e. The first-order chi connectivity index (χ1) is 9.47. The quantitative estimate of drug-likeness (QED) is 0.848. The summed E-state index contributed by atoms with van der Waals surface area (Å²) < 4.78 is 0. The highest BCUT2D eigenvalue weighted by atomic mass is 15.1. The zero-order chi connectivity index (χ0) is 14.6. The van der Waals surface area contributed by atoms with Crippen LogP contribution in [0.25, 0.3) is 0 Å². The number of nitrogen functional groups attached to an aromatic ring is 1. The molecule has 1 aromatic heterocycles. The van der Waals surface area contributed by atoms with Crippen molar-refractivity contribution in [3.8, 4) is 0 Å². The third-order valence-corrected chi connectivity index (χ3v) is 3.52. The number of nitrogens with two attached hydrogens (primary N) is 1. The lowest BCUT2D eigenvalue weighted by Crippen LogP contribution is -2.34. The van der Waals surface area contributed by atoms with Gasteiger partial charge in [-0.1, -0.05) is 32.0 Å². The first-order valence-corrected chi connectivity index (χ1v) is 6.92. The number of hydrogen-bond acceptors (Lipinski definition) is 3. The Bertz CT molecular complexity index is 532. The van der Waals surface area contributed by atoms with Crippen LogP contribution >= 0.6 is 0 Å². The Labute approximate surface area is 121 Å². The second-order valence-electron chi connectivity index (χ2n) is 6.00. The second-order valence-corrected chi connectivity index (χ2v) is 6.00. The Kier molecular flexibility index (Phi) is 4.40. The summed E-state index contributed by atoms with van der Waals surface area (Å²) in [6, 6.07) is 14.2. The summed E-state index contributed by atoms with van der Waals surface area (Å²) in [6.07, 6.45) is 1.84. The van der Waals surface area contributed by atoms with E-state index in [2.05, 4.69) is 49.0 Å². The predicted molar refractivity (Wildman–Crippen MR) is 84.5 cm³/mol. The Balaban J connectivity index is 2.02. The standard InChI is InChI=1S/C17H23N3/c1-17(2,14-7-9-15(18)10-8-14)13-20(3)12-16-6-4-5-11-19-16/h4-11H,12-13,18H2,1-3H3. The zero-order valence-electron chi connectivity index (χ0n) is 12.5. The summed E-state index contributed by atoms with van der Waals surface area (Å²) in [6.45, 7) is 6.34. The number of pyridine rings is 1. The van der Waals surface area contributed by atoms with E-state index in [-0.39, 0.29) is 5.41 Å². The van der Waals surface area contributed by atoms with Gasteiger partial charge in [-0.15, -0.1) is 0 Å². The molecule has 2 rings (SSSR count). The fraction of sp³-hybridized carbons (Fsp3) is 0.353. The molecule has 2 N–H and O–H groups in total. The predicted octanol–water partition coefficient (Wildman–Crippen LogP) is 3.07. The molecule has 0 fully saturated rings. The first kappa shape index (κ1) is 14.5. The van der Waals surface area contributed by atoms with Crippen molar-refractivity contribution in [1.82, 2.24) is 9.88 Å². The van der Waals surface area contributed by atoms with E-state index in [0.29, 0.717) is 0 Å². The lowest BCUT2D eigenvalue weighted by atomic mass is 9.84. The molecule has 3 nitrogen and oxygen atoms in total. The van der Waals surface area contributed by atoms with Gasteiger partial charge in [0.05, 0.1) is 5.69 Å². The molecule has 0 aliphatic heterocycles. The first-order valence-electron chi connectivity index (χ1n) is 6.92. The maximum Gasteiger partial charge on any atom is 0.0543 e. The van der Waals surface area contributed by atoms with E-state index in [0.717, 1.165) is 24.5 Å². The Hall–Kier alpha value is -1.87. The molecule has 0 saturated heterocycles. The SMILES string of the molecule is CN(Cc1ccccn1)CC(C)(C)c1ccc(N)cc1. The highest BCUT2D eigenvalue weighted by Gasteiger charge is 2.22. The molecular formula is C17H23N3. The topological polar surface area (TPSA) is 42.2 Å². The third-order valence-electron chi connectivity index (χ3n) is 3.52. The van der Waals surface area contributed by atoms with Gasteiger partial charge in [-0.05, 0) is 36.9 Å². The van der Waals surface area contributed by atoms with Gasteiger partial charge >= 0.3 is 0 Å². The van der Waals surface area contributed by atoms with E-state index >= 15 is 0 Å². The van der Waals surface area contributed by atoms with Crippen LogP contribution in [0.5, 0.6) is 0 Å². The van der Waals surface area contributed by atoms with Crippen LogP contribution in [-0.2, 0) is 12.0 Å². The van der Waals surface area contributed by atoms with Gasteiger partial charge in [0.25, 0.3) is 0 Å². The number of nitrogens with zero attached hydrogens (tertiary/aromatic N) is 2. The van der Waals surface area contributed by atoms with Gasteiger partial charge in [-0.25, -0.2) is 0 Å². The molecule has 0 aliphatic carbocycles. The van der Waals surface area contributed by atoms with E-state index in [1.807, 2.05) is 30.5 Å². The van der Waals surface area contributed by atoms with E-state index in [1.54, 1.807) is 0 Å². The fourth-order valence-electron chi connectivity index (χ4n) is 2.52. The lowest BCUT2D eigenvalue weighted by Gasteiger charge is -2.30. The molecular weight excluding hydrogens is 246 g/mol. The summed E-state index contributed by atoms with van der Waals surface area (Å²) in [5.74, 6) is 0. The van der Waals surface area contributed by atoms with Crippen LogP contribution in [0.2, 0.25) is 0 Å². The molecule has 20 heavy (non-hydrogen) atoms. The van der Waals surface area contributed by atoms with Gasteiger partial charge in [-0.3, -0.25) is 9.88 Å². The van der Waals surface area contributed by atoms with Gasteiger partial charge in [0.1, 0.15) is 0 Å². The highest BCUT2D eigenvalue weighted by Crippen LogP contribution is 2.25. The number of anilines is 1. The summed E-state index contributed by atoms with van der Waals surface area (Å²) in [7, 11) is 2.13. The highest BCUT2D eigenvalue weighted by molar-refractivity contribution is 5.41. The molecule has 0 saturated carbocycles. The summed E-state index contributed by atoms with van der Waals surface area (Å²) in [4.78, 5) is 6.68. The van der Waals surface area contributed by atoms with Crippen molar-refractivity contribution in [2.45, 2.75) is 25.8 Å². The molecule has 0 radical (unpaired) electrons. The molecule has 0 amide bonds. The minimum absolute atomic E-state index is 0.0806. The zero-order valence-corrected chi connectivity index (χ0v) is 12.5. The van der Waals surface area contributed by atoms with Crippen molar-refractivity contribution in [3.05, 3.63) is 59.9 Å². The molecule has 1 heterocycles. The lowest BCUT2D eigenvalue weighted by molar-refractivity contribution is 0.258. The van der Waals surface area contributed by atoms with E-state index < -0.39 is 0 Å². The van der Waals surface area contributed by atoms with E-state index in [9.17, 15) is 0 Å². The molecule has 0 atom stereocenters. The molecule has 1 aromatic carbocycles. The monoisotopic (exact) mass is 269 g/mol. The van der Waals surface area contributed by atoms with Crippen molar-refractivity contribution in [1.29, 1.82) is 0 Å². The molecule has 106 valence electrons. The number of hydrogen-bond donors (Lipinski definition) is 1. The summed E-state index contributed by atoms with van der Waals surface area (Å²) in [5.41, 5.74) is 9.05. The van der Waals surface area contributed by atoms with Crippen LogP contribution in [0.15, 0.2) is 48.7 Å². The number of likely N-dealkylation sites (N-methyl/N-ethyl adjacent to an activating group) is 1. The number of aromatic nitrogens is 1. The normalized spacial score (nSPS) is 11.8. The minimum Gasteiger partial charge on any atom is -0.399 e. The van der Waals surface area contributed by atoms with Crippen molar-refractivity contribution < 1.29 is 0 Å². The van der Waals surface area contributed by atoms with Gasteiger partial charge in [0, 0.05) is 30.4 Å². The van der Waals surface area contributed by atoms with Crippen LogP contribution in [0.3, 0.4) is 0 Å². The van der Waals surface area contributed by atoms with Gasteiger partial charge in [0.2, 0.25) is 0 Å². The van der Waals surface area contributed by atoms with Crippen LogP contribution in [-0.4, -0.2) is 23.5 Å². The second kappa shape index (κ2) is 6.06. The van der Waals surface area contributed by atoms with Crippen molar-refractivity contribution in [3.63, 3.8) is 0 Å². The molecule has 0 unspecified atom stereocenters. The molecule has 0 bridgehead atoms. The van der Waals surface area contributed by atoms with Crippen LogP contribution < -0.4 is 5.73 Å². The smallest absolute Gasteiger partial charge is 0.0543 e. The number of rotatable bonds is 5. The summed E-state index contributed by atoms with van der Waals surface area (Å²) >= 11 is 0. The van der Waals surface area contributed by atoms with Crippen LogP contribution in [0, 0.1) is 0 Å². The average molecular weight is 269 g/mol. The molecule has 2 aromatic rings.